The number of halogens is 1. The van der Waals surface area contributed by atoms with Crippen LogP contribution in [0.1, 0.15) is 35.9 Å². The third-order valence-electron chi connectivity index (χ3n) is 4.29. The van der Waals surface area contributed by atoms with E-state index >= 15 is 0 Å². The second-order valence-corrected chi connectivity index (χ2v) is 7.85. The molecule has 27 heavy (non-hydrogen) atoms. The molecule has 0 unspecified atom stereocenters. The topological polar surface area (TPSA) is 73.0 Å². The fourth-order valence-corrected chi connectivity index (χ4v) is 3.77. The Bertz CT molecular complexity index is 922. The Labute approximate surface area is 166 Å². The second-order valence-electron chi connectivity index (χ2n) is 6.48. The number of benzene rings is 1. The number of aromatic nitrogens is 3. The summed E-state index contributed by atoms with van der Waals surface area (Å²) in [6.07, 6.45) is 3.94. The third kappa shape index (κ3) is 4.73. The van der Waals surface area contributed by atoms with Gasteiger partial charge in [-0.25, -0.2) is 0 Å². The van der Waals surface area contributed by atoms with Crippen LogP contribution >= 0.6 is 23.4 Å². The zero-order valence-electron chi connectivity index (χ0n) is 14.6. The summed E-state index contributed by atoms with van der Waals surface area (Å²) in [5, 5.41) is 13.0. The lowest BCUT2D eigenvalue weighted by molar-refractivity contribution is -0.118. The minimum atomic E-state index is -0.0551. The monoisotopic (exact) mass is 402 g/mol. The van der Waals surface area contributed by atoms with Crippen LogP contribution in [0.15, 0.2) is 52.2 Å². The third-order valence-corrected chi connectivity index (χ3v) is 5.49. The maximum atomic E-state index is 12.2. The van der Waals surface area contributed by atoms with Gasteiger partial charge >= 0.3 is 0 Å². The first kappa shape index (κ1) is 18.1. The molecule has 0 aliphatic heterocycles. The van der Waals surface area contributed by atoms with Gasteiger partial charge in [0.05, 0.1) is 18.6 Å². The van der Waals surface area contributed by atoms with Gasteiger partial charge in [0.15, 0.2) is 5.16 Å². The second kappa shape index (κ2) is 8.19. The summed E-state index contributed by atoms with van der Waals surface area (Å²) >= 11 is 7.36. The van der Waals surface area contributed by atoms with Crippen molar-refractivity contribution in [1.29, 1.82) is 0 Å². The van der Waals surface area contributed by atoms with Gasteiger partial charge in [-0.15, -0.1) is 10.2 Å². The summed E-state index contributed by atoms with van der Waals surface area (Å²) in [7, 11) is 0. The molecule has 0 saturated heterocycles. The van der Waals surface area contributed by atoms with E-state index in [2.05, 4.69) is 20.1 Å². The number of hydrogen-bond acceptors (Lipinski definition) is 5. The minimum absolute atomic E-state index is 0.0551. The van der Waals surface area contributed by atoms with E-state index in [1.807, 2.05) is 36.4 Å². The molecule has 1 N–H and O–H groups in total. The van der Waals surface area contributed by atoms with E-state index in [0.29, 0.717) is 24.0 Å². The van der Waals surface area contributed by atoms with Gasteiger partial charge in [0, 0.05) is 17.5 Å². The first-order valence-corrected chi connectivity index (χ1v) is 10.1. The molecule has 1 fully saturated rings. The molecule has 4 rings (SSSR count). The van der Waals surface area contributed by atoms with Crippen LogP contribution in [0.2, 0.25) is 5.02 Å². The highest BCUT2D eigenvalue weighted by Crippen LogP contribution is 2.40. The van der Waals surface area contributed by atoms with E-state index in [1.165, 1.54) is 11.8 Å². The Morgan fingerprint density at radius 2 is 2.19 bits per heavy atom. The maximum Gasteiger partial charge on any atom is 0.230 e. The average molecular weight is 403 g/mol. The molecule has 0 radical (unpaired) electrons. The molecule has 140 valence electrons. The number of thioether (sulfide) groups is 1. The van der Waals surface area contributed by atoms with Crippen molar-refractivity contribution in [3.8, 4) is 0 Å². The fourth-order valence-electron chi connectivity index (χ4n) is 2.79. The van der Waals surface area contributed by atoms with Crippen molar-refractivity contribution in [3.05, 3.63) is 64.8 Å². The van der Waals surface area contributed by atoms with E-state index in [0.717, 1.165) is 35.1 Å². The van der Waals surface area contributed by atoms with Gasteiger partial charge in [0.1, 0.15) is 11.6 Å². The first-order valence-electron chi connectivity index (χ1n) is 8.78. The van der Waals surface area contributed by atoms with E-state index in [1.54, 1.807) is 6.26 Å². The van der Waals surface area contributed by atoms with E-state index in [-0.39, 0.29) is 11.7 Å². The lowest BCUT2D eigenvalue weighted by Crippen LogP contribution is -2.24. The quantitative estimate of drug-likeness (QED) is 0.579. The predicted molar refractivity (Wildman–Crippen MR) is 104 cm³/mol. The highest BCUT2D eigenvalue weighted by molar-refractivity contribution is 7.99. The van der Waals surface area contributed by atoms with Crippen molar-refractivity contribution < 1.29 is 9.21 Å². The van der Waals surface area contributed by atoms with Crippen LogP contribution < -0.4 is 5.32 Å². The van der Waals surface area contributed by atoms with Gasteiger partial charge in [0.25, 0.3) is 0 Å². The summed E-state index contributed by atoms with van der Waals surface area (Å²) in [6.45, 7) is 1.03. The van der Waals surface area contributed by atoms with Crippen LogP contribution in [0.4, 0.5) is 0 Å². The Morgan fingerprint density at radius 1 is 1.30 bits per heavy atom. The normalized spacial score (nSPS) is 13.7. The molecule has 1 aromatic carbocycles. The number of nitrogens with zero attached hydrogens (tertiary/aromatic N) is 3. The summed E-state index contributed by atoms with van der Waals surface area (Å²) in [5.74, 6) is 2.53. The number of nitrogens with one attached hydrogen (secondary N) is 1. The van der Waals surface area contributed by atoms with Crippen molar-refractivity contribution in [1.82, 2.24) is 20.1 Å². The van der Waals surface area contributed by atoms with E-state index in [9.17, 15) is 4.79 Å². The van der Waals surface area contributed by atoms with E-state index in [4.69, 9.17) is 16.0 Å². The standard InChI is InChI=1S/C19H19ClN4O2S/c20-15-4-1-3-13(9-15)10-21-17(25)12-27-19-23-22-18(14-6-7-14)24(19)11-16-5-2-8-26-16/h1-5,8-9,14H,6-7,10-12H2,(H,21,25). The number of carbonyl (C=O) groups excluding carboxylic acids is 1. The number of amides is 1. The molecule has 1 saturated carbocycles. The number of furan rings is 1. The lowest BCUT2D eigenvalue weighted by Gasteiger charge is -2.09. The molecule has 6 nitrogen and oxygen atoms in total. The van der Waals surface area contributed by atoms with Crippen molar-refractivity contribution in [2.45, 2.75) is 37.0 Å². The molecule has 1 aliphatic rings. The molecule has 0 bridgehead atoms. The zero-order chi connectivity index (χ0) is 18.6. The summed E-state index contributed by atoms with van der Waals surface area (Å²) in [5.41, 5.74) is 0.970. The van der Waals surface area contributed by atoms with Crippen LogP contribution in [-0.4, -0.2) is 26.4 Å². The molecular formula is C19H19ClN4O2S. The smallest absolute Gasteiger partial charge is 0.230 e. The molecular weight excluding hydrogens is 384 g/mol. The Hall–Kier alpha value is -2.25. The molecule has 1 aliphatic carbocycles. The lowest BCUT2D eigenvalue weighted by atomic mass is 10.2. The highest BCUT2D eigenvalue weighted by Gasteiger charge is 2.30. The van der Waals surface area contributed by atoms with Gasteiger partial charge in [-0.1, -0.05) is 35.5 Å². The zero-order valence-corrected chi connectivity index (χ0v) is 16.2. The molecule has 2 heterocycles. The average Bonchev–Trinajstić information content (AvgIpc) is 3.22. The van der Waals surface area contributed by atoms with E-state index < -0.39 is 0 Å². The summed E-state index contributed by atoms with van der Waals surface area (Å²) in [6, 6.07) is 11.3. The van der Waals surface area contributed by atoms with Gasteiger partial charge in [-0.2, -0.15) is 0 Å². The molecule has 0 atom stereocenters. The van der Waals surface area contributed by atoms with Gasteiger partial charge in [-0.3, -0.25) is 9.36 Å². The first-order chi connectivity index (χ1) is 13.2. The fraction of sp³-hybridized carbons (Fsp3) is 0.316. The molecule has 1 amide bonds. The summed E-state index contributed by atoms with van der Waals surface area (Å²) < 4.78 is 7.52. The SMILES string of the molecule is O=C(CSc1nnc(C2CC2)n1Cc1ccco1)NCc1cccc(Cl)c1. The van der Waals surface area contributed by atoms with Crippen molar-refractivity contribution in [3.63, 3.8) is 0 Å². The van der Waals surface area contributed by atoms with Crippen LogP contribution in [-0.2, 0) is 17.9 Å². The number of carbonyl (C=O) groups is 1. The molecule has 2 aromatic heterocycles. The molecule has 8 heteroatoms. The van der Waals surface area contributed by atoms with Crippen LogP contribution in [0.3, 0.4) is 0 Å². The van der Waals surface area contributed by atoms with Crippen LogP contribution in [0, 0.1) is 0 Å². The number of rotatable bonds is 8. The Morgan fingerprint density at radius 3 is 2.93 bits per heavy atom. The highest BCUT2D eigenvalue weighted by atomic mass is 35.5. The number of hydrogen-bond donors (Lipinski definition) is 1. The van der Waals surface area contributed by atoms with Crippen LogP contribution in [0.25, 0.3) is 0 Å². The van der Waals surface area contributed by atoms with Gasteiger partial charge in [-0.05, 0) is 42.7 Å². The summed E-state index contributed by atoms with van der Waals surface area (Å²) in [4.78, 5) is 12.2. The minimum Gasteiger partial charge on any atom is -0.467 e. The predicted octanol–water partition coefficient (Wildman–Crippen LogP) is 3.86. The molecule has 3 aromatic rings. The van der Waals surface area contributed by atoms with Gasteiger partial charge < -0.3 is 9.73 Å². The van der Waals surface area contributed by atoms with Crippen molar-refractivity contribution in [2.24, 2.45) is 0 Å². The maximum absolute atomic E-state index is 12.2. The Balaban J connectivity index is 1.36. The van der Waals surface area contributed by atoms with Crippen molar-refractivity contribution in [2.75, 3.05) is 5.75 Å². The van der Waals surface area contributed by atoms with Crippen LogP contribution in [0.5, 0.6) is 0 Å². The van der Waals surface area contributed by atoms with Crippen molar-refractivity contribution >= 4 is 29.3 Å². The van der Waals surface area contributed by atoms with Gasteiger partial charge in [0.2, 0.25) is 5.91 Å². The largest absolute Gasteiger partial charge is 0.467 e. The molecule has 0 spiro atoms. The Kier molecular flexibility index (Phi) is 5.50.